The van der Waals surface area contributed by atoms with Crippen molar-refractivity contribution in [3.63, 3.8) is 0 Å². The van der Waals surface area contributed by atoms with Crippen molar-refractivity contribution in [2.75, 3.05) is 0 Å². The summed E-state index contributed by atoms with van der Waals surface area (Å²) < 4.78 is 10.8. The van der Waals surface area contributed by atoms with Crippen molar-refractivity contribution in [1.29, 1.82) is 0 Å². The molecule has 3 aromatic heterocycles. The first-order chi connectivity index (χ1) is 22.8. The van der Waals surface area contributed by atoms with E-state index in [-0.39, 0.29) is 10.8 Å². The Morgan fingerprint density at radius 3 is 2.08 bits per heavy atom. The van der Waals surface area contributed by atoms with E-state index in [0.717, 1.165) is 56.6 Å². The van der Waals surface area contributed by atoms with Gasteiger partial charge in [0.2, 0.25) is 0 Å². The predicted octanol–water partition coefficient (Wildman–Crippen LogP) is 10.7. The van der Waals surface area contributed by atoms with Crippen LogP contribution in [0, 0.1) is 20.8 Å². The number of ether oxygens (including phenoxy) is 1. The molecule has 0 unspecified atom stereocenters. The molecule has 48 heavy (non-hydrogen) atoms. The Morgan fingerprint density at radius 2 is 1.35 bits per heavy atom. The van der Waals surface area contributed by atoms with Crippen molar-refractivity contribution >= 4 is 21.8 Å². The molecule has 0 aliphatic heterocycles. The summed E-state index contributed by atoms with van der Waals surface area (Å²) in [6.07, 6.45) is 1.91. The smallest absolute Gasteiger partial charge is 0.164 e. The number of pyridine rings is 1. The maximum Gasteiger partial charge on any atom is 0.164 e. The van der Waals surface area contributed by atoms with Crippen LogP contribution in [-0.2, 0) is 10.8 Å². The van der Waals surface area contributed by atoms with E-state index in [9.17, 15) is 0 Å². The number of benzene rings is 4. The van der Waals surface area contributed by atoms with Crippen LogP contribution in [-0.4, -0.2) is 24.3 Å². The molecule has 0 N–H and O–H groups in total. The lowest BCUT2D eigenvalue weighted by molar-refractivity contribution is 0.482. The molecule has 0 bridgehead atoms. The molecule has 0 aliphatic rings. The van der Waals surface area contributed by atoms with Gasteiger partial charge in [-0.2, -0.15) is 5.10 Å². The van der Waals surface area contributed by atoms with E-state index < -0.39 is 0 Å². The fourth-order valence-corrected chi connectivity index (χ4v) is 6.59. The second-order valence-electron chi connectivity index (χ2n) is 15.0. The average Bonchev–Trinajstić information content (AvgIpc) is 3.60. The van der Waals surface area contributed by atoms with Gasteiger partial charge >= 0.3 is 0 Å². The molecule has 6 nitrogen and oxygen atoms in total. The van der Waals surface area contributed by atoms with Gasteiger partial charge in [0.15, 0.2) is 11.6 Å². The highest BCUT2D eigenvalue weighted by molar-refractivity contribution is 6.09. The molecule has 0 spiro atoms. The third-order valence-electron chi connectivity index (χ3n) is 8.96. The highest BCUT2D eigenvalue weighted by atomic mass is 16.5. The second kappa shape index (κ2) is 11.5. The van der Waals surface area contributed by atoms with Gasteiger partial charge in [0.25, 0.3) is 0 Å². The van der Waals surface area contributed by atoms with E-state index in [2.05, 4.69) is 134 Å². The molecule has 0 radical (unpaired) electrons. The Balaban J connectivity index is 1.32. The first-order valence-electron chi connectivity index (χ1n) is 16.6. The maximum atomic E-state index is 6.60. The molecule has 4 aromatic carbocycles. The Labute approximate surface area is 283 Å². The van der Waals surface area contributed by atoms with Crippen LogP contribution in [0.25, 0.3) is 44.7 Å². The van der Waals surface area contributed by atoms with Gasteiger partial charge < -0.3 is 4.74 Å². The summed E-state index contributed by atoms with van der Waals surface area (Å²) in [6, 6.07) is 31.6. The lowest BCUT2D eigenvalue weighted by Gasteiger charge is -2.20. The molecule has 0 amide bonds. The van der Waals surface area contributed by atoms with Crippen molar-refractivity contribution in [1.82, 2.24) is 24.3 Å². The molecule has 0 fully saturated rings. The first-order valence-corrected chi connectivity index (χ1v) is 16.6. The molecule has 0 atom stereocenters. The van der Waals surface area contributed by atoms with Gasteiger partial charge in [-0.05, 0) is 85.3 Å². The zero-order valence-electron chi connectivity index (χ0n) is 29.4. The summed E-state index contributed by atoms with van der Waals surface area (Å²) >= 11 is 0. The van der Waals surface area contributed by atoms with Crippen LogP contribution in [0.3, 0.4) is 0 Å². The van der Waals surface area contributed by atoms with Crippen molar-refractivity contribution in [2.24, 2.45) is 0 Å². The minimum absolute atomic E-state index is 0.00416. The quantitative estimate of drug-likeness (QED) is 0.189. The number of aromatic nitrogens is 5. The van der Waals surface area contributed by atoms with E-state index >= 15 is 0 Å². The van der Waals surface area contributed by atoms with E-state index in [0.29, 0.717) is 0 Å². The van der Waals surface area contributed by atoms with E-state index in [1.807, 2.05) is 35.1 Å². The van der Waals surface area contributed by atoms with Crippen LogP contribution < -0.4 is 4.74 Å². The van der Waals surface area contributed by atoms with Gasteiger partial charge in [0.05, 0.1) is 16.7 Å². The Hall–Kier alpha value is -5.23. The van der Waals surface area contributed by atoms with Crippen molar-refractivity contribution in [3.05, 3.63) is 125 Å². The standard InChI is InChI=1S/C42H43N5O/c1-26-21-27(2)38(28(3)22-26)39-44-40(42(7,8)9)45-47(39)30-13-12-14-31(24-30)48-32-17-18-34-33-15-10-11-16-35(33)46(36(34)25-32)37-23-29(19-20-43-37)41(4,5)6/h10-25H,1-9H3. The number of hydrogen-bond donors (Lipinski definition) is 0. The molecule has 242 valence electrons. The molecule has 7 aromatic rings. The van der Waals surface area contributed by atoms with Crippen LogP contribution in [0.2, 0.25) is 0 Å². The number of aryl methyl sites for hydroxylation is 3. The lowest BCUT2D eigenvalue weighted by Crippen LogP contribution is -2.14. The third kappa shape index (κ3) is 5.66. The molecular formula is C42H43N5O. The lowest BCUT2D eigenvalue weighted by atomic mass is 9.88. The van der Waals surface area contributed by atoms with Crippen molar-refractivity contribution < 1.29 is 4.74 Å². The minimum atomic E-state index is -0.213. The topological polar surface area (TPSA) is 57.8 Å². The third-order valence-corrected chi connectivity index (χ3v) is 8.96. The van der Waals surface area contributed by atoms with E-state index in [1.165, 1.54) is 27.6 Å². The maximum absolute atomic E-state index is 6.60. The highest BCUT2D eigenvalue weighted by Gasteiger charge is 2.25. The van der Waals surface area contributed by atoms with Crippen LogP contribution in [0.5, 0.6) is 11.5 Å². The molecule has 3 heterocycles. The van der Waals surface area contributed by atoms with E-state index in [1.54, 1.807) is 0 Å². The number of para-hydroxylation sites is 1. The number of hydrogen-bond acceptors (Lipinski definition) is 4. The van der Waals surface area contributed by atoms with Crippen molar-refractivity contribution in [3.8, 4) is 34.4 Å². The van der Waals surface area contributed by atoms with Crippen LogP contribution in [0.1, 0.15) is 69.6 Å². The van der Waals surface area contributed by atoms with Gasteiger partial charge in [-0.3, -0.25) is 4.57 Å². The van der Waals surface area contributed by atoms with E-state index in [4.69, 9.17) is 19.8 Å². The Bertz CT molecular complexity index is 2300. The summed E-state index contributed by atoms with van der Waals surface area (Å²) in [7, 11) is 0. The number of rotatable bonds is 5. The fraction of sp³-hybridized carbons (Fsp3) is 0.262. The average molecular weight is 634 g/mol. The number of nitrogens with zero attached hydrogens (tertiary/aromatic N) is 5. The molecular weight excluding hydrogens is 590 g/mol. The summed E-state index contributed by atoms with van der Waals surface area (Å²) in [5.41, 5.74) is 8.78. The van der Waals surface area contributed by atoms with Gasteiger partial charge in [-0.15, -0.1) is 0 Å². The van der Waals surface area contributed by atoms with Crippen molar-refractivity contribution in [2.45, 2.75) is 73.1 Å². The zero-order chi connectivity index (χ0) is 34.0. The molecule has 0 saturated carbocycles. The van der Waals surface area contributed by atoms with Gasteiger partial charge in [0.1, 0.15) is 17.3 Å². The highest BCUT2D eigenvalue weighted by Crippen LogP contribution is 2.37. The second-order valence-corrected chi connectivity index (χ2v) is 15.0. The van der Waals surface area contributed by atoms with Gasteiger partial charge in [0, 0.05) is 40.1 Å². The van der Waals surface area contributed by atoms with Crippen LogP contribution in [0.15, 0.2) is 97.2 Å². The Kier molecular flexibility index (Phi) is 7.50. The summed E-state index contributed by atoms with van der Waals surface area (Å²) in [4.78, 5) is 9.94. The molecule has 0 saturated heterocycles. The summed E-state index contributed by atoms with van der Waals surface area (Å²) in [5, 5.41) is 7.39. The summed E-state index contributed by atoms with van der Waals surface area (Å²) in [5.74, 6) is 3.99. The largest absolute Gasteiger partial charge is 0.457 e. The monoisotopic (exact) mass is 633 g/mol. The summed E-state index contributed by atoms with van der Waals surface area (Å²) in [6.45, 7) is 19.6. The molecule has 0 aliphatic carbocycles. The first kappa shape index (κ1) is 31.4. The fourth-order valence-electron chi connectivity index (χ4n) is 6.59. The minimum Gasteiger partial charge on any atom is -0.457 e. The SMILES string of the molecule is Cc1cc(C)c(-c2nc(C(C)(C)C)nn2-c2cccc(Oc3ccc4c5ccccc5n(-c5cc(C(C)(C)C)ccn5)c4c3)c2)c(C)c1. The molecule has 7 rings (SSSR count). The van der Waals surface area contributed by atoms with Crippen LogP contribution >= 0.6 is 0 Å². The van der Waals surface area contributed by atoms with Crippen LogP contribution in [0.4, 0.5) is 0 Å². The predicted molar refractivity (Wildman–Crippen MR) is 197 cm³/mol. The Morgan fingerprint density at radius 1 is 0.646 bits per heavy atom. The molecule has 6 heteroatoms. The number of fused-ring (bicyclic) bond motifs is 3. The van der Waals surface area contributed by atoms with Gasteiger partial charge in [-0.1, -0.05) is 83.5 Å². The normalized spacial score (nSPS) is 12.3. The van der Waals surface area contributed by atoms with Gasteiger partial charge in [-0.25, -0.2) is 14.6 Å². The zero-order valence-corrected chi connectivity index (χ0v) is 29.4.